The molecule has 130 valence electrons. The van der Waals surface area contributed by atoms with Gasteiger partial charge in [-0.25, -0.2) is 4.79 Å². The van der Waals surface area contributed by atoms with E-state index in [4.69, 9.17) is 27.8 Å². The first-order valence-corrected chi connectivity index (χ1v) is 7.62. The largest absolute Gasteiger partial charge is 0.449 e. The van der Waals surface area contributed by atoms with Gasteiger partial charge < -0.3 is 21.5 Å². The van der Waals surface area contributed by atoms with Crippen LogP contribution in [0.25, 0.3) is 0 Å². The van der Waals surface area contributed by atoms with Crippen LogP contribution in [0.4, 0.5) is 11.4 Å². The Morgan fingerprint density at radius 3 is 2.32 bits per heavy atom. The number of benzene rings is 2. The Morgan fingerprint density at radius 2 is 1.76 bits per heavy atom. The Kier molecular flexibility index (Phi) is 5.61. The molecule has 0 aliphatic rings. The van der Waals surface area contributed by atoms with Gasteiger partial charge in [-0.15, -0.1) is 0 Å². The van der Waals surface area contributed by atoms with Gasteiger partial charge in [-0.05, 0) is 49.4 Å². The molecule has 0 unspecified atom stereocenters. The number of primary amides is 1. The maximum Gasteiger partial charge on any atom is 0.341 e. The van der Waals surface area contributed by atoms with Crippen LogP contribution in [-0.2, 0) is 9.53 Å². The van der Waals surface area contributed by atoms with E-state index in [1.165, 1.54) is 49.4 Å². The number of ether oxygens (including phenoxy) is 1. The van der Waals surface area contributed by atoms with Gasteiger partial charge in [0.05, 0.1) is 5.56 Å². The van der Waals surface area contributed by atoms with Gasteiger partial charge in [0.1, 0.15) is 0 Å². The first-order valence-electron chi connectivity index (χ1n) is 7.24. The number of hydrogen-bond donors (Lipinski definition) is 3. The van der Waals surface area contributed by atoms with Crippen LogP contribution in [0.15, 0.2) is 42.5 Å². The lowest BCUT2D eigenvalue weighted by atomic mass is 10.2. The molecule has 0 aromatic heterocycles. The summed E-state index contributed by atoms with van der Waals surface area (Å²) >= 11 is 5.77. The molecule has 8 heteroatoms. The zero-order chi connectivity index (χ0) is 18.6. The van der Waals surface area contributed by atoms with Gasteiger partial charge in [-0.3, -0.25) is 9.59 Å². The highest BCUT2D eigenvalue weighted by molar-refractivity contribution is 6.31. The van der Waals surface area contributed by atoms with Crippen molar-refractivity contribution >= 4 is 40.8 Å². The third-order valence-electron chi connectivity index (χ3n) is 3.32. The van der Waals surface area contributed by atoms with E-state index in [9.17, 15) is 14.4 Å². The van der Waals surface area contributed by atoms with Crippen molar-refractivity contribution in [2.24, 2.45) is 5.73 Å². The highest BCUT2D eigenvalue weighted by atomic mass is 35.5. The molecule has 0 heterocycles. The lowest BCUT2D eigenvalue weighted by molar-refractivity contribution is -0.123. The second-order valence-corrected chi connectivity index (χ2v) is 5.65. The summed E-state index contributed by atoms with van der Waals surface area (Å²) in [5.74, 6) is -1.84. The first-order chi connectivity index (χ1) is 11.8. The summed E-state index contributed by atoms with van der Waals surface area (Å²) in [6.45, 7) is 1.43. The summed E-state index contributed by atoms with van der Waals surface area (Å²) in [5.41, 5.74) is 11.9. The van der Waals surface area contributed by atoms with Crippen molar-refractivity contribution in [1.29, 1.82) is 0 Å². The number of carbonyl (C=O) groups is 3. The van der Waals surface area contributed by atoms with E-state index < -0.39 is 23.9 Å². The van der Waals surface area contributed by atoms with E-state index >= 15 is 0 Å². The Labute approximate surface area is 148 Å². The molecule has 2 rings (SSSR count). The number of amides is 2. The minimum absolute atomic E-state index is 0.120. The molecule has 2 aromatic rings. The predicted molar refractivity (Wildman–Crippen MR) is 94.3 cm³/mol. The summed E-state index contributed by atoms with van der Waals surface area (Å²) in [6, 6.07) is 10.3. The van der Waals surface area contributed by atoms with Crippen LogP contribution < -0.4 is 16.8 Å². The summed E-state index contributed by atoms with van der Waals surface area (Å²) in [5, 5.41) is 2.96. The van der Waals surface area contributed by atoms with E-state index in [0.29, 0.717) is 16.3 Å². The Balaban J connectivity index is 1.99. The van der Waals surface area contributed by atoms with Gasteiger partial charge in [0, 0.05) is 22.0 Å². The van der Waals surface area contributed by atoms with Crippen LogP contribution in [0.2, 0.25) is 5.02 Å². The fourth-order valence-corrected chi connectivity index (χ4v) is 2.14. The number of esters is 1. The molecule has 0 aliphatic heterocycles. The molecule has 0 radical (unpaired) electrons. The van der Waals surface area contributed by atoms with E-state index in [0.717, 1.165) is 0 Å². The highest BCUT2D eigenvalue weighted by Gasteiger charge is 2.20. The third kappa shape index (κ3) is 4.71. The molecule has 2 amide bonds. The van der Waals surface area contributed by atoms with Gasteiger partial charge >= 0.3 is 5.97 Å². The quantitative estimate of drug-likeness (QED) is 0.556. The summed E-state index contributed by atoms with van der Waals surface area (Å²) in [7, 11) is 0. The molecule has 0 spiro atoms. The first kappa shape index (κ1) is 18.3. The van der Waals surface area contributed by atoms with Crippen molar-refractivity contribution < 1.29 is 19.1 Å². The molecule has 0 saturated carbocycles. The Hall–Kier alpha value is -3.06. The lowest BCUT2D eigenvalue weighted by Gasteiger charge is -2.14. The van der Waals surface area contributed by atoms with E-state index in [-0.39, 0.29) is 11.3 Å². The minimum Gasteiger partial charge on any atom is -0.449 e. The van der Waals surface area contributed by atoms with E-state index in [2.05, 4.69) is 5.32 Å². The zero-order valence-electron chi connectivity index (χ0n) is 13.3. The average Bonchev–Trinajstić information content (AvgIpc) is 2.55. The smallest absolute Gasteiger partial charge is 0.341 e. The van der Waals surface area contributed by atoms with Gasteiger partial charge in [0.15, 0.2) is 6.10 Å². The summed E-state index contributed by atoms with van der Waals surface area (Å²) < 4.78 is 5.10. The molecule has 1 atom stereocenters. The predicted octanol–water partition coefficient (Wildman–Crippen LogP) is 2.21. The maximum absolute atomic E-state index is 12.1. The molecular formula is C17H16ClN3O4. The zero-order valence-corrected chi connectivity index (χ0v) is 14.0. The molecule has 25 heavy (non-hydrogen) atoms. The SMILES string of the molecule is C[C@H](OC(=O)c1ccc(Cl)cc1N)C(=O)Nc1ccc(C(N)=O)cc1. The number of halogens is 1. The molecule has 0 fully saturated rings. The van der Waals surface area contributed by atoms with Crippen LogP contribution in [-0.4, -0.2) is 23.9 Å². The van der Waals surface area contributed by atoms with Crippen molar-refractivity contribution in [3.63, 3.8) is 0 Å². The Bertz CT molecular complexity index is 821. The van der Waals surface area contributed by atoms with Gasteiger partial charge in [-0.2, -0.15) is 0 Å². The number of carbonyl (C=O) groups excluding carboxylic acids is 3. The number of nitrogens with two attached hydrogens (primary N) is 2. The fraction of sp³-hybridized carbons (Fsp3) is 0.118. The topological polar surface area (TPSA) is 125 Å². The third-order valence-corrected chi connectivity index (χ3v) is 3.56. The van der Waals surface area contributed by atoms with Crippen molar-refractivity contribution in [1.82, 2.24) is 0 Å². The monoisotopic (exact) mass is 361 g/mol. The Morgan fingerprint density at radius 1 is 1.12 bits per heavy atom. The molecule has 0 aliphatic carbocycles. The number of rotatable bonds is 5. The van der Waals surface area contributed by atoms with Gasteiger partial charge in [0.25, 0.3) is 5.91 Å². The maximum atomic E-state index is 12.1. The summed E-state index contributed by atoms with van der Waals surface area (Å²) in [4.78, 5) is 35.2. The molecule has 0 saturated heterocycles. The van der Waals surface area contributed by atoms with Crippen molar-refractivity contribution in [3.05, 3.63) is 58.6 Å². The highest BCUT2D eigenvalue weighted by Crippen LogP contribution is 2.19. The van der Waals surface area contributed by atoms with E-state index in [1.54, 1.807) is 0 Å². The van der Waals surface area contributed by atoms with Gasteiger partial charge in [-0.1, -0.05) is 11.6 Å². The standard InChI is InChI=1S/C17H16ClN3O4/c1-9(25-17(24)13-7-4-11(18)8-14(13)19)16(23)21-12-5-2-10(3-6-12)15(20)22/h2-9H,19H2,1H3,(H2,20,22)(H,21,23)/t9-/m0/s1. The van der Waals surface area contributed by atoms with Crippen molar-refractivity contribution in [3.8, 4) is 0 Å². The normalized spacial score (nSPS) is 11.4. The average molecular weight is 362 g/mol. The molecular weight excluding hydrogens is 346 g/mol. The van der Waals surface area contributed by atoms with E-state index in [1.807, 2.05) is 0 Å². The van der Waals surface area contributed by atoms with Crippen LogP contribution in [0, 0.1) is 0 Å². The molecule has 7 nitrogen and oxygen atoms in total. The summed E-state index contributed by atoms with van der Waals surface area (Å²) in [6.07, 6.45) is -1.06. The number of anilines is 2. The second-order valence-electron chi connectivity index (χ2n) is 5.21. The lowest BCUT2D eigenvalue weighted by Crippen LogP contribution is -2.30. The van der Waals surface area contributed by atoms with Crippen LogP contribution in [0.1, 0.15) is 27.6 Å². The van der Waals surface area contributed by atoms with Crippen LogP contribution in [0.3, 0.4) is 0 Å². The minimum atomic E-state index is -1.06. The van der Waals surface area contributed by atoms with Crippen LogP contribution in [0.5, 0.6) is 0 Å². The fourth-order valence-electron chi connectivity index (χ4n) is 1.96. The number of hydrogen-bond acceptors (Lipinski definition) is 5. The molecule has 0 bridgehead atoms. The molecule has 2 aromatic carbocycles. The van der Waals surface area contributed by atoms with Crippen molar-refractivity contribution in [2.75, 3.05) is 11.1 Å². The number of nitrogen functional groups attached to an aromatic ring is 1. The second kappa shape index (κ2) is 7.67. The van der Waals surface area contributed by atoms with Crippen molar-refractivity contribution in [2.45, 2.75) is 13.0 Å². The number of nitrogens with one attached hydrogen (secondary N) is 1. The van der Waals surface area contributed by atoms with Crippen LogP contribution >= 0.6 is 11.6 Å². The molecule has 5 N–H and O–H groups in total. The van der Waals surface area contributed by atoms with Gasteiger partial charge in [0.2, 0.25) is 5.91 Å².